The van der Waals surface area contributed by atoms with Gasteiger partial charge in [-0.15, -0.1) is 0 Å². The maximum Gasteiger partial charge on any atom is 0.408 e. The Bertz CT molecular complexity index is 378. The highest BCUT2D eigenvalue weighted by Gasteiger charge is 2.27. The van der Waals surface area contributed by atoms with E-state index in [4.69, 9.17) is 10.00 Å². The molecule has 0 aromatic heterocycles. The molecule has 0 rings (SSSR count). The summed E-state index contributed by atoms with van der Waals surface area (Å²) in [7, 11) is 1.07. The predicted octanol–water partition coefficient (Wildman–Crippen LogP) is 0.393. The fourth-order valence-electron chi connectivity index (χ4n) is 0.950. The Kier molecular flexibility index (Phi) is 5.82. The first kappa shape index (κ1) is 15.9. The first-order valence-corrected chi connectivity index (χ1v) is 5.18. The number of methoxy groups -OCH3 is 1. The van der Waals surface area contributed by atoms with Crippen LogP contribution in [0.25, 0.3) is 0 Å². The number of esters is 1. The van der Waals surface area contributed by atoms with Crippen molar-refractivity contribution in [2.24, 2.45) is 5.92 Å². The second kappa shape index (κ2) is 6.59. The van der Waals surface area contributed by atoms with Crippen LogP contribution in [0, 0.1) is 17.2 Å². The molecule has 0 bridgehead atoms. The van der Waals surface area contributed by atoms with E-state index in [0.717, 1.165) is 7.11 Å². The van der Waals surface area contributed by atoms with Crippen molar-refractivity contribution in [2.45, 2.75) is 26.4 Å². The van der Waals surface area contributed by atoms with Crippen LogP contribution in [0.15, 0.2) is 0 Å². The van der Waals surface area contributed by atoms with Crippen molar-refractivity contribution in [2.75, 3.05) is 13.7 Å². The maximum absolute atomic E-state index is 11.5. The van der Waals surface area contributed by atoms with E-state index in [2.05, 4.69) is 10.1 Å². The second-order valence-corrected chi connectivity index (χ2v) is 4.41. The average Bonchev–Trinajstić information content (AvgIpc) is 2.24. The third-order valence-corrected chi connectivity index (χ3v) is 1.69. The van der Waals surface area contributed by atoms with Gasteiger partial charge in [-0.05, 0) is 20.8 Å². The van der Waals surface area contributed by atoms with E-state index >= 15 is 0 Å². The number of rotatable bonds is 4. The zero-order valence-electron chi connectivity index (χ0n) is 10.8. The van der Waals surface area contributed by atoms with Crippen LogP contribution in [0.2, 0.25) is 0 Å². The van der Waals surface area contributed by atoms with E-state index in [1.165, 1.54) is 6.07 Å². The van der Waals surface area contributed by atoms with Gasteiger partial charge >= 0.3 is 12.1 Å². The van der Waals surface area contributed by atoms with Gasteiger partial charge in [-0.1, -0.05) is 0 Å². The monoisotopic (exact) mass is 256 g/mol. The van der Waals surface area contributed by atoms with Gasteiger partial charge in [0.2, 0.25) is 5.92 Å². The summed E-state index contributed by atoms with van der Waals surface area (Å²) >= 11 is 0. The number of carbonyl (C=O) groups excluding carboxylic acids is 3. The molecule has 1 N–H and O–H groups in total. The van der Waals surface area contributed by atoms with Gasteiger partial charge < -0.3 is 14.8 Å². The van der Waals surface area contributed by atoms with Crippen molar-refractivity contribution in [1.29, 1.82) is 5.26 Å². The van der Waals surface area contributed by atoms with Crippen LogP contribution >= 0.6 is 0 Å². The zero-order chi connectivity index (χ0) is 14.3. The van der Waals surface area contributed by atoms with Crippen LogP contribution in [0.3, 0.4) is 0 Å². The van der Waals surface area contributed by atoms with Crippen LogP contribution in [0.1, 0.15) is 20.8 Å². The number of carbonyl (C=O) groups is 3. The lowest BCUT2D eigenvalue weighted by Gasteiger charge is -2.19. The summed E-state index contributed by atoms with van der Waals surface area (Å²) in [5.74, 6) is -3.24. The van der Waals surface area contributed by atoms with Gasteiger partial charge in [0.15, 0.2) is 5.78 Å². The molecule has 1 amide bonds. The van der Waals surface area contributed by atoms with Gasteiger partial charge in [0, 0.05) is 0 Å². The molecule has 0 spiro atoms. The van der Waals surface area contributed by atoms with Crippen molar-refractivity contribution in [3.63, 3.8) is 0 Å². The maximum atomic E-state index is 11.5. The Morgan fingerprint density at radius 2 is 1.89 bits per heavy atom. The predicted molar refractivity (Wildman–Crippen MR) is 60.4 cm³/mol. The number of hydrogen-bond donors (Lipinski definition) is 1. The zero-order valence-corrected chi connectivity index (χ0v) is 10.8. The lowest BCUT2D eigenvalue weighted by molar-refractivity contribution is -0.146. The minimum absolute atomic E-state index is 0.470. The van der Waals surface area contributed by atoms with E-state index < -0.39 is 35.9 Å². The van der Waals surface area contributed by atoms with Gasteiger partial charge in [0.05, 0.1) is 19.7 Å². The van der Waals surface area contributed by atoms with Crippen molar-refractivity contribution in [3.05, 3.63) is 0 Å². The molecule has 0 aromatic carbocycles. The number of Topliss-reactive ketones (excluding diaryl/α,β-unsaturated/α-hetero) is 1. The van der Waals surface area contributed by atoms with E-state index in [1.54, 1.807) is 20.8 Å². The van der Waals surface area contributed by atoms with Crippen molar-refractivity contribution < 1.29 is 23.9 Å². The second-order valence-electron chi connectivity index (χ2n) is 4.41. The summed E-state index contributed by atoms with van der Waals surface area (Å²) < 4.78 is 9.17. The summed E-state index contributed by atoms with van der Waals surface area (Å²) in [6.45, 7) is 4.53. The highest BCUT2D eigenvalue weighted by atomic mass is 16.6. The fourth-order valence-corrected chi connectivity index (χ4v) is 0.950. The molecule has 1 atom stereocenters. The molecule has 0 saturated heterocycles. The highest BCUT2D eigenvalue weighted by Crippen LogP contribution is 2.06. The summed E-state index contributed by atoms with van der Waals surface area (Å²) in [5.41, 5.74) is -0.690. The third-order valence-electron chi connectivity index (χ3n) is 1.69. The smallest absolute Gasteiger partial charge is 0.408 e. The molecule has 0 aliphatic rings. The number of nitrogens with zero attached hydrogens (tertiary/aromatic N) is 1. The molecule has 0 fully saturated rings. The summed E-state index contributed by atoms with van der Waals surface area (Å²) in [6.07, 6.45) is -0.794. The minimum atomic E-state index is -1.54. The number of ketones is 1. The number of nitriles is 1. The number of ether oxygens (including phenoxy) is 2. The number of nitrogens with one attached hydrogen (secondary N) is 1. The summed E-state index contributed by atoms with van der Waals surface area (Å²) in [5, 5.41) is 10.8. The molecule has 0 radical (unpaired) electrons. The third kappa shape index (κ3) is 5.84. The van der Waals surface area contributed by atoms with Gasteiger partial charge in [0.1, 0.15) is 5.60 Å². The fraction of sp³-hybridized carbons (Fsp3) is 0.636. The average molecular weight is 256 g/mol. The van der Waals surface area contributed by atoms with E-state index in [9.17, 15) is 14.4 Å². The normalized spacial score (nSPS) is 11.9. The molecule has 0 aliphatic carbocycles. The summed E-state index contributed by atoms with van der Waals surface area (Å²) in [4.78, 5) is 33.7. The molecular weight excluding hydrogens is 240 g/mol. The van der Waals surface area contributed by atoms with E-state index in [0.29, 0.717) is 0 Å². The lowest BCUT2D eigenvalue weighted by atomic mass is 10.1. The topological polar surface area (TPSA) is 105 Å². The van der Waals surface area contributed by atoms with E-state index in [1.807, 2.05) is 0 Å². The Morgan fingerprint density at radius 1 is 1.33 bits per heavy atom. The molecule has 0 aromatic rings. The van der Waals surface area contributed by atoms with Crippen molar-refractivity contribution in [1.82, 2.24) is 5.32 Å². The van der Waals surface area contributed by atoms with Gasteiger partial charge in [0.25, 0.3) is 0 Å². The molecule has 1 unspecified atom stereocenters. The van der Waals surface area contributed by atoms with Crippen molar-refractivity contribution in [3.8, 4) is 6.07 Å². The van der Waals surface area contributed by atoms with Crippen LogP contribution in [0.4, 0.5) is 4.79 Å². The highest BCUT2D eigenvalue weighted by molar-refractivity contribution is 6.03. The minimum Gasteiger partial charge on any atom is -0.468 e. The molecule has 18 heavy (non-hydrogen) atoms. The lowest BCUT2D eigenvalue weighted by Crippen LogP contribution is -2.38. The molecule has 0 heterocycles. The van der Waals surface area contributed by atoms with Gasteiger partial charge in [-0.3, -0.25) is 9.59 Å². The number of alkyl carbamates (subject to hydrolysis) is 1. The van der Waals surface area contributed by atoms with Crippen LogP contribution < -0.4 is 5.32 Å². The SMILES string of the molecule is COC(=O)C(C#N)C(=O)CNC(=O)OC(C)(C)C. The Balaban J connectivity index is 4.30. The molecule has 7 heteroatoms. The molecule has 100 valence electrons. The number of hydrogen-bond acceptors (Lipinski definition) is 6. The first-order chi connectivity index (χ1) is 8.21. The Hall–Kier alpha value is -2.10. The molecule has 7 nitrogen and oxygen atoms in total. The Labute approximate surface area is 105 Å². The Morgan fingerprint density at radius 3 is 2.28 bits per heavy atom. The van der Waals surface area contributed by atoms with Gasteiger partial charge in [-0.25, -0.2) is 4.79 Å². The first-order valence-electron chi connectivity index (χ1n) is 5.18. The van der Waals surface area contributed by atoms with Crippen LogP contribution in [-0.2, 0) is 19.1 Å². The summed E-state index contributed by atoms with van der Waals surface area (Å²) in [6, 6.07) is 1.51. The standard InChI is InChI=1S/C11H16N2O5/c1-11(2,3)18-10(16)13-6-8(14)7(5-12)9(15)17-4/h7H,6H2,1-4H3,(H,13,16). The van der Waals surface area contributed by atoms with Crippen molar-refractivity contribution >= 4 is 17.8 Å². The van der Waals surface area contributed by atoms with Gasteiger partial charge in [-0.2, -0.15) is 5.26 Å². The van der Waals surface area contributed by atoms with Crippen LogP contribution in [-0.4, -0.2) is 37.1 Å². The molecule has 0 saturated carbocycles. The van der Waals surface area contributed by atoms with E-state index in [-0.39, 0.29) is 0 Å². The van der Waals surface area contributed by atoms with Crippen LogP contribution in [0.5, 0.6) is 0 Å². The molecular formula is C11H16N2O5. The number of amides is 1. The quantitative estimate of drug-likeness (QED) is 0.576. The largest absolute Gasteiger partial charge is 0.468 e. The molecule has 0 aliphatic heterocycles.